The Hall–Kier alpha value is -3.34. The number of carbonyl (C=O) groups is 2. The normalized spacial score (nSPS) is 17.0. The molecule has 0 atom stereocenters. The van der Waals surface area contributed by atoms with E-state index in [1.54, 1.807) is 21.0 Å². The Kier molecular flexibility index (Phi) is 8.69. The van der Waals surface area contributed by atoms with E-state index in [2.05, 4.69) is 18.2 Å². The van der Waals surface area contributed by atoms with Gasteiger partial charge in [-0.25, -0.2) is 0 Å². The van der Waals surface area contributed by atoms with Crippen LogP contribution in [0.3, 0.4) is 0 Å². The predicted molar refractivity (Wildman–Crippen MR) is 134 cm³/mol. The van der Waals surface area contributed by atoms with Crippen molar-refractivity contribution < 1.29 is 23.8 Å². The van der Waals surface area contributed by atoms with Crippen LogP contribution in [0.2, 0.25) is 0 Å². The maximum Gasteiger partial charge on any atom is 0.326 e. The van der Waals surface area contributed by atoms with E-state index in [4.69, 9.17) is 14.2 Å². The molecular weight excluding hydrogens is 428 g/mol. The lowest BCUT2D eigenvalue weighted by Crippen LogP contribution is -2.53. The number of methoxy groups -OCH3 is 1. The Bertz CT molecular complexity index is 983. The van der Waals surface area contributed by atoms with E-state index >= 15 is 0 Å². The van der Waals surface area contributed by atoms with Gasteiger partial charge in [0, 0.05) is 13.8 Å². The van der Waals surface area contributed by atoms with Crippen molar-refractivity contribution in [2.75, 3.05) is 7.11 Å². The van der Waals surface area contributed by atoms with E-state index in [0.29, 0.717) is 25.7 Å². The van der Waals surface area contributed by atoms with Crippen LogP contribution in [0, 0.1) is 5.41 Å². The van der Waals surface area contributed by atoms with Crippen LogP contribution >= 0.6 is 0 Å². The van der Waals surface area contributed by atoms with Crippen LogP contribution in [0.4, 0.5) is 0 Å². The van der Waals surface area contributed by atoms with Crippen molar-refractivity contribution in [1.82, 2.24) is 0 Å². The Labute approximate surface area is 202 Å². The first-order valence-corrected chi connectivity index (χ1v) is 11.8. The summed E-state index contributed by atoms with van der Waals surface area (Å²) in [4.78, 5) is 26.0. The number of allylic oxidation sites excluding steroid dienone is 2. The minimum Gasteiger partial charge on any atom is -0.497 e. The van der Waals surface area contributed by atoms with Crippen molar-refractivity contribution in [3.8, 4) is 5.75 Å². The number of esters is 2. The van der Waals surface area contributed by atoms with E-state index in [9.17, 15) is 9.59 Å². The zero-order chi connectivity index (χ0) is 24.4. The summed E-state index contributed by atoms with van der Waals surface area (Å²) in [5.41, 5.74) is 0.947. The number of ether oxygens (including phenoxy) is 3. The Morgan fingerprint density at radius 3 is 1.76 bits per heavy atom. The topological polar surface area (TPSA) is 61.8 Å². The fraction of sp³-hybridized carbons (Fsp3) is 0.379. The Morgan fingerprint density at radius 2 is 1.26 bits per heavy atom. The highest BCUT2D eigenvalue weighted by molar-refractivity contribution is 6.01. The lowest BCUT2D eigenvalue weighted by Gasteiger charge is -2.40. The molecule has 0 unspecified atom stereocenters. The molecule has 0 N–H and O–H groups in total. The summed E-state index contributed by atoms with van der Waals surface area (Å²) < 4.78 is 16.2. The first-order chi connectivity index (χ1) is 16.3. The SMILES string of the molecule is COc1ccc(/C=C/CCCC2(CCC/C=C/c3ccccc3)C(=O)OC(C)(C)OC2=O)cc1. The molecular formula is C29H34O5. The van der Waals surface area contributed by atoms with Crippen LogP contribution < -0.4 is 4.74 Å². The second kappa shape index (κ2) is 11.7. The number of benzene rings is 2. The second-order valence-corrected chi connectivity index (χ2v) is 9.03. The Morgan fingerprint density at radius 1 is 0.765 bits per heavy atom. The van der Waals surface area contributed by atoms with Gasteiger partial charge in [0.05, 0.1) is 7.11 Å². The number of unbranched alkanes of at least 4 members (excludes halogenated alkanes) is 2. The zero-order valence-electron chi connectivity index (χ0n) is 20.3. The summed E-state index contributed by atoms with van der Waals surface area (Å²) in [6, 6.07) is 17.8. The van der Waals surface area contributed by atoms with Crippen molar-refractivity contribution >= 4 is 24.1 Å². The molecule has 1 aliphatic heterocycles. The molecule has 34 heavy (non-hydrogen) atoms. The van der Waals surface area contributed by atoms with E-state index in [-0.39, 0.29) is 0 Å². The average Bonchev–Trinajstić information content (AvgIpc) is 2.82. The molecule has 1 heterocycles. The van der Waals surface area contributed by atoms with Crippen LogP contribution in [-0.2, 0) is 19.1 Å². The van der Waals surface area contributed by atoms with Gasteiger partial charge in [-0.2, -0.15) is 0 Å². The molecule has 0 aromatic heterocycles. The minimum atomic E-state index is -1.25. The third-order valence-electron chi connectivity index (χ3n) is 5.94. The summed E-state index contributed by atoms with van der Waals surface area (Å²) in [6.07, 6.45) is 11.9. The molecule has 180 valence electrons. The third-order valence-corrected chi connectivity index (χ3v) is 5.94. The number of hydrogen-bond donors (Lipinski definition) is 0. The minimum absolute atomic E-state index is 0.399. The van der Waals surface area contributed by atoms with Gasteiger partial charge in [-0.1, -0.05) is 66.8 Å². The van der Waals surface area contributed by atoms with Crippen LogP contribution in [0.15, 0.2) is 66.7 Å². The monoisotopic (exact) mass is 462 g/mol. The number of hydrogen-bond acceptors (Lipinski definition) is 5. The number of cyclic esters (lactones) is 2. The predicted octanol–water partition coefficient (Wildman–Crippen LogP) is 6.58. The highest BCUT2D eigenvalue weighted by Gasteiger charge is 2.55. The van der Waals surface area contributed by atoms with Crippen LogP contribution in [0.1, 0.15) is 63.5 Å². The second-order valence-electron chi connectivity index (χ2n) is 9.03. The van der Waals surface area contributed by atoms with Crippen molar-refractivity contribution in [2.45, 2.75) is 58.2 Å². The van der Waals surface area contributed by atoms with Gasteiger partial charge in [0.1, 0.15) is 5.75 Å². The summed E-state index contributed by atoms with van der Waals surface area (Å²) in [6.45, 7) is 3.18. The summed E-state index contributed by atoms with van der Waals surface area (Å²) in [5.74, 6) is -1.35. The standard InChI is InChI=1S/C29H34O5/c1-28(2)33-26(30)29(27(31)34-28,21-11-5-9-15-23-13-7-4-8-14-23)22-12-6-10-16-24-17-19-25(32-3)20-18-24/h4,7-10,13-20H,5-6,11-12,21-22H2,1-3H3/b15-9+,16-10+. The molecule has 0 bridgehead atoms. The van der Waals surface area contributed by atoms with Gasteiger partial charge in [0.25, 0.3) is 5.79 Å². The lowest BCUT2D eigenvalue weighted by atomic mass is 9.77. The first kappa shape index (κ1) is 25.3. The molecule has 2 aromatic rings. The van der Waals surface area contributed by atoms with Crippen molar-refractivity contribution in [3.05, 3.63) is 77.9 Å². The van der Waals surface area contributed by atoms with Gasteiger partial charge >= 0.3 is 11.9 Å². The first-order valence-electron chi connectivity index (χ1n) is 11.8. The molecule has 0 saturated carbocycles. The molecule has 5 nitrogen and oxygen atoms in total. The van der Waals surface area contributed by atoms with E-state index in [1.807, 2.05) is 60.7 Å². The van der Waals surface area contributed by atoms with Gasteiger partial charge in [0.2, 0.25) is 0 Å². The van der Waals surface area contributed by atoms with Crippen molar-refractivity contribution in [3.63, 3.8) is 0 Å². The molecule has 1 aliphatic rings. The lowest BCUT2D eigenvalue weighted by molar-refractivity contribution is -0.252. The van der Waals surface area contributed by atoms with Crippen LogP contribution in [0.5, 0.6) is 5.75 Å². The van der Waals surface area contributed by atoms with E-state index in [1.165, 1.54) is 0 Å². The molecule has 0 aliphatic carbocycles. The molecule has 1 saturated heterocycles. The summed E-state index contributed by atoms with van der Waals surface area (Å²) >= 11 is 0. The van der Waals surface area contributed by atoms with Crippen molar-refractivity contribution in [1.29, 1.82) is 0 Å². The molecule has 5 heteroatoms. The van der Waals surface area contributed by atoms with Gasteiger partial charge in [-0.15, -0.1) is 0 Å². The maximum absolute atomic E-state index is 13.0. The fourth-order valence-corrected chi connectivity index (χ4v) is 4.04. The Balaban J connectivity index is 1.58. The molecule has 2 aromatic carbocycles. The van der Waals surface area contributed by atoms with Crippen LogP contribution in [-0.4, -0.2) is 24.8 Å². The van der Waals surface area contributed by atoms with Gasteiger partial charge in [-0.05, 0) is 61.8 Å². The largest absolute Gasteiger partial charge is 0.497 e. The molecule has 0 amide bonds. The highest BCUT2D eigenvalue weighted by Crippen LogP contribution is 2.40. The summed E-state index contributed by atoms with van der Waals surface area (Å²) in [5, 5.41) is 0. The van der Waals surface area contributed by atoms with Gasteiger partial charge in [0.15, 0.2) is 5.41 Å². The van der Waals surface area contributed by atoms with Gasteiger partial charge < -0.3 is 14.2 Å². The maximum atomic E-state index is 13.0. The smallest absolute Gasteiger partial charge is 0.326 e. The highest BCUT2D eigenvalue weighted by atomic mass is 16.7. The molecule has 0 radical (unpaired) electrons. The average molecular weight is 463 g/mol. The molecule has 1 fully saturated rings. The summed E-state index contributed by atoms with van der Waals surface area (Å²) in [7, 11) is 1.64. The molecule has 0 spiro atoms. The molecule has 3 rings (SSSR count). The van der Waals surface area contributed by atoms with Crippen molar-refractivity contribution in [2.24, 2.45) is 5.41 Å². The fourth-order valence-electron chi connectivity index (χ4n) is 4.04. The number of carbonyl (C=O) groups excluding carboxylic acids is 2. The van der Waals surface area contributed by atoms with E-state index in [0.717, 1.165) is 29.7 Å². The quantitative estimate of drug-likeness (QED) is 0.214. The number of rotatable bonds is 11. The van der Waals surface area contributed by atoms with Crippen LogP contribution in [0.25, 0.3) is 12.2 Å². The van der Waals surface area contributed by atoms with E-state index < -0.39 is 23.1 Å². The van der Waals surface area contributed by atoms with Gasteiger partial charge in [-0.3, -0.25) is 9.59 Å². The third kappa shape index (κ3) is 6.83. The zero-order valence-corrected chi connectivity index (χ0v) is 20.3.